The van der Waals surface area contributed by atoms with E-state index in [4.69, 9.17) is 21.4 Å². The van der Waals surface area contributed by atoms with Crippen LogP contribution in [0.3, 0.4) is 0 Å². The van der Waals surface area contributed by atoms with Gasteiger partial charge >= 0.3 is 6.80 Å². The lowest BCUT2D eigenvalue weighted by molar-refractivity contribution is 0.397. The van der Waals surface area contributed by atoms with Crippen LogP contribution in [0.4, 0.5) is 0 Å². The van der Waals surface area contributed by atoms with Gasteiger partial charge in [0, 0.05) is 4.90 Å². The predicted molar refractivity (Wildman–Crippen MR) is 63.8 cm³/mol. The molecule has 0 aliphatic rings. The van der Waals surface area contributed by atoms with Crippen LogP contribution in [0.15, 0.2) is 29.2 Å². The molecule has 0 amide bonds. The molecule has 0 bridgehead atoms. The average molecular weight is 298 g/mol. The molecule has 3 nitrogen and oxygen atoms in total. The minimum Gasteiger partial charge on any atom is -0.316 e. The summed E-state index contributed by atoms with van der Waals surface area (Å²) in [6.07, 6.45) is 0. The Labute approximate surface area is 103 Å². The van der Waals surface area contributed by atoms with Gasteiger partial charge in [-0.15, -0.1) is 24.8 Å². The summed E-state index contributed by atoms with van der Waals surface area (Å²) in [6, 6.07) is 6.52. The summed E-state index contributed by atoms with van der Waals surface area (Å²) in [5, 5.41) is 0.353. The molecular weight excluding hydrogens is 289 g/mol. The van der Waals surface area contributed by atoms with E-state index in [9.17, 15) is 4.57 Å². The molecule has 1 aromatic rings. The monoisotopic (exact) mass is 296 g/mol. The Bertz CT molecular complexity index is 330. The van der Waals surface area contributed by atoms with Crippen LogP contribution >= 0.6 is 54.6 Å². The Morgan fingerprint density at radius 3 is 2.14 bits per heavy atom. The number of hydrogen-bond donors (Lipinski definition) is 2. The highest BCUT2D eigenvalue weighted by molar-refractivity contribution is 8.54. The fourth-order valence-corrected chi connectivity index (χ4v) is 2.86. The molecule has 0 radical (unpaired) electrons. The molecule has 0 unspecified atom stereocenters. The molecule has 8 heteroatoms. The Hall–Kier alpha value is 0.590. The smallest absolute Gasteiger partial charge is 0.316 e. The first-order valence-corrected chi connectivity index (χ1v) is 6.40. The minimum atomic E-state index is -4.08. The average Bonchev–Trinajstić information content (AvgIpc) is 1.91. The first-order chi connectivity index (χ1) is 5.49. The number of halogens is 3. The van der Waals surface area contributed by atoms with Crippen LogP contribution < -0.4 is 0 Å². The van der Waals surface area contributed by atoms with Crippen molar-refractivity contribution in [1.82, 2.24) is 0 Å². The minimum absolute atomic E-state index is 0. The van der Waals surface area contributed by atoms with Crippen LogP contribution in [0.25, 0.3) is 0 Å². The van der Waals surface area contributed by atoms with E-state index < -0.39 is 6.80 Å². The highest BCUT2D eigenvalue weighted by atomic mass is 35.5. The Morgan fingerprint density at radius 1 is 1.21 bits per heavy atom. The number of rotatable bonds is 2. The van der Waals surface area contributed by atoms with Crippen molar-refractivity contribution in [3.8, 4) is 0 Å². The van der Waals surface area contributed by atoms with Gasteiger partial charge in [0.1, 0.15) is 0 Å². The van der Waals surface area contributed by atoms with Gasteiger partial charge in [-0.3, -0.25) is 0 Å². The standard InChI is InChI=1S/C6H6ClO3PS.2ClH/c7-5-3-1-2-4-6(5)12-11(8,9)10;;/h1-4H,(H2,8,9,10);2*1H. The van der Waals surface area contributed by atoms with Crippen molar-refractivity contribution < 1.29 is 14.4 Å². The molecule has 0 aromatic heterocycles. The third-order valence-electron chi connectivity index (χ3n) is 1.05. The molecule has 0 aliphatic carbocycles. The molecule has 0 saturated heterocycles. The van der Waals surface area contributed by atoms with Crippen molar-refractivity contribution >= 4 is 54.6 Å². The van der Waals surface area contributed by atoms with Gasteiger partial charge in [0.15, 0.2) is 0 Å². The molecule has 1 aromatic carbocycles. The van der Waals surface area contributed by atoms with E-state index >= 15 is 0 Å². The van der Waals surface area contributed by atoms with Gasteiger partial charge in [-0.2, -0.15) is 0 Å². The summed E-state index contributed by atoms with van der Waals surface area (Å²) in [7, 11) is 0. The lowest BCUT2D eigenvalue weighted by Crippen LogP contribution is -1.74. The Kier molecular flexibility index (Phi) is 8.45. The lowest BCUT2D eigenvalue weighted by Gasteiger charge is -2.03. The SMILES string of the molecule is Cl.Cl.O=P(O)(O)Sc1ccccc1Cl. The molecule has 0 atom stereocenters. The maximum atomic E-state index is 10.6. The van der Waals surface area contributed by atoms with Gasteiger partial charge in [-0.1, -0.05) is 23.7 Å². The Balaban J connectivity index is 0. The summed E-state index contributed by atoms with van der Waals surface area (Å²) >= 11 is 6.13. The van der Waals surface area contributed by atoms with Gasteiger partial charge in [0.25, 0.3) is 0 Å². The largest absolute Gasteiger partial charge is 0.388 e. The van der Waals surface area contributed by atoms with Crippen LogP contribution in [0.5, 0.6) is 0 Å². The molecular formula is C6H8Cl3O3PS. The van der Waals surface area contributed by atoms with E-state index in [0.717, 1.165) is 0 Å². The van der Waals surface area contributed by atoms with Gasteiger partial charge in [0.2, 0.25) is 0 Å². The molecule has 0 saturated carbocycles. The first-order valence-electron chi connectivity index (χ1n) is 2.99. The van der Waals surface area contributed by atoms with Gasteiger partial charge in [-0.05, 0) is 23.5 Å². The number of hydrogen-bond acceptors (Lipinski definition) is 2. The molecule has 14 heavy (non-hydrogen) atoms. The fourth-order valence-electron chi connectivity index (χ4n) is 0.647. The van der Waals surface area contributed by atoms with E-state index in [1.165, 1.54) is 0 Å². The van der Waals surface area contributed by atoms with Gasteiger partial charge in [-0.25, -0.2) is 4.57 Å². The van der Waals surface area contributed by atoms with Crippen molar-refractivity contribution in [2.75, 3.05) is 0 Å². The van der Waals surface area contributed by atoms with Crippen LogP contribution in [-0.4, -0.2) is 9.79 Å². The third-order valence-corrected chi connectivity index (χ3v) is 3.59. The molecule has 1 rings (SSSR count). The summed E-state index contributed by atoms with van der Waals surface area (Å²) in [6.45, 7) is -4.08. The first kappa shape index (κ1) is 17.0. The van der Waals surface area contributed by atoms with Crippen molar-refractivity contribution in [2.45, 2.75) is 4.90 Å². The van der Waals surface area contributed by atoms with E-state index in [1.54, 1.807) is 24.3 Å². The summed E-state index contributed by atoms with van der Waals surface area (Å²) in [5.74, 6) is 0. The zero-order chi connectivity index (χ0) is 9.19. The van der Waals surface area contributed by atoms with E-state index in [2.05, 4.69) is 0 Å². The van der Waals surface area contributed by atoms with Crippen LogP contribution in [-0.2, 0) is 4.57 Å². The van der Waals surface area contributed by atoms with Crippen molar-refractivity contribution in [3.63, 3.8) is 0 Å². The summed E-state index contributed by atoms with van der Waals surface area (Å²) in [4.78, 5) is 17.6. The highest BCUT2D eigenvalue weighted by Gasteiger charge is 2.16. The normalized spacial score (nSPS) is 9.93. The Morgan fingerprint density at radius 2 is 1.71 bits per heavy atom. The van der Waals surface area contributed by atoms with E-state index in [1.807, 2.05) is 0 Å². The lowest BCUT2D eigenvalue weighted by atomic mass is 10.4. The van der Waals surface area contributed by atoms with Crippen LogP contribution in [0, 0.1) is 0 Å². The second-order valence-corrected chi connectivity index (χ2v) is 6.00. The predicted octanol–water partition coefficient (Wildman–Crippen LogP) is 3.37. The van der Waals surface area contributed by atoms with Crippen molar-refractivity contribution in [1.29, 1.82) is 0 Å². The molecule has 0 aliphatic heterocycles. The molecule has 0 fully saturated rings. The van der Waals surface area contributed by atoms with Crippen LogP contribution in [0.2, 0.25) is 5.02 Å². The quantitative estimate of drug-likeness (QED) is 0.822. The molecule has 0 heterocycles. The van der Waals surface area contributed by atoms with Crippen molar-refractivity contribution in [2.24, 2.45) is 0 Å². The zero-order valence-electron chi connectivity index (χ0n) is 6.66. The highest BCUT2D eigenvalue weighted by Crippen LogP contribution is 2.55. The maximum absolute atomic E-state index is 10.6. The second kappa shape index (κ2) is 6.96. The van der Waals surface area contributed by atoms with Gasteiger partial charge < -0.3 is 9.79 Å². The molecule has 82 valence electrons. The topological polar surface area (TPSA) is 57.5 Å². The summed E-state index contributed by atoms with van der Waals surface area (Å²) in [5.41, 5.74) is 0. The fraction of sp³-hybridized carbons (Fsp3) is 0. The maximum Gasteiger partial charge on any atom is 0.388 e. The molecule has 0 spiro atoms. The molecule has 2 N–H and O–H groups in total. The number of benzene rings is 1. The van der Waals surface area contributed by atoms with Crippen molar-refractivity contribution in [3.05, 3.63) is 29.3 Å². The second-order valence-electron chi connectivity index (χ2n) is 2.01. The zero-order valence-corrected chi connectivity index (χ0v) is 10.8. The van der Waals surface area contributed by atoms with Crippen LogP contribution in [0.1, 0.15) is 0 Å². The van der Waals surface area contributed by atoms with E-state index in [-0.39, 0.29) is 24.8 Å². The summed E-state index contributed by atoms with van der Waals surface area (Å²) < 4.78 is 10.6. The third kappa shape index (κ3) is 6.14. The van der Waals surface area contributed by atoms with Gasteiger partial charge in [0.05, 0.1) is 5.02 Å². The van der Waals surface area contributed by atoms with E-state index in [0.29, 0.717) is 21.3 Å².